The third-order valence-corrected chi connectivity index (χ3v) is 4.72. The van der Waals surface area contributed by atoms with Crippen molar-refractivity contribution in [3.05, 3.63) is 63.5 Å². The molecule has 0 atom stereocenters. The van der Waals surface area contributed by atoms with Crippen molar-refractivity contribution in [2.45, 2.75) is 0 Å². The lowest BCUT2D eigenvalue weighted by molar-refractivity contribution is -0.384. The standard InChI is InChI=1S/C18H14N2O6S/c1-25-14-5-3-2-4-13(14)19-17(21)10-26-18(22)16-9-11-8-12(20(23)24)6-7-15(11)27-16/h2-9H,10H2,1H3,(H,19,21). The number of rotatable bonds is 6. The number of methoxy groups -OCH3 is 1. The summed E-state index contributed by atoms with van der Waals surface area (Å²) in [6, 6.07) is 12.7. The van der Waals surface area contributed by atoms with E-state index < -0.39 is 23.4 Å². The summed E-state index contributed by atoms with van der Waals surface area (Å²) in [7, 11) is 1.48. The maximum Gasteiger partial charge on any atom is 0.348 e. The number of nitro benzene ring substituents is 1. The molecule has 1 aromatic heterocycles. The van der Waals surface area contributed by atoms with Gasteiger partial charge in [-0.3, -0.25) is 14.9 Å². The first-order valence-corrected chi connectivity index (χ1v) is 8.57. The van der Waals surface area contributed by atoms with E-state index >= 15 is 0 Å². The fourth-order valence-electron chi connectivity index (χ4n) is 2.38. The summed E-state index contributed by atoms with van der Waals surface area (Å²) in [5, 5.41) is 14.0. The first kappa shape index (κ1) is 18.3. The smallest absolute Gasteiger partial charge is 0.348 e. The van der Waals surface area contributed by atoms with Gasteiger partial charge in [-0.15, -0.1) is 11.3 Å². The Morgan fingerprint density at radius 3 is 2.70 bits per heavy atom. The molecule has 0 saturated carbocycles. The van der Waals surface area contributed by atoms with Crippen LogP contribution in [0, 0.1) is 10.1 Å². The number of para-hydroxylation sites is 2. The van der Waals surface area contributed by atoms with Gasteiger partial charge >= 0.3 is 5.97 Å². The van der Waals surface area contributed by atoms with E-state index in [9.17, 15) is 19.7 Å². The molecular weight excluding hydrogens is 372 g/mol. The maximum absolute atomic E-state index is 12.2. The minimum absolute atomic E-state index is 0.0589. The van der Waals surface area contributed by atoms with Crippen molar-refractivity contribution in [2.75, 3.05) is 19.0 Å². The number of esters is 1. The molecular formula is C18H14N2O6S. The fraction of sp³-hybridized carbons (Fsp3) is 0.111. The van der Waals surface area contributed by atoms with Crippen LogP contribution in [0.15, 0.2) is 48.5 Å². The average molecular weight is 386 g/mol. The van der Waals surface area contributed by atoms with Crippen LogP contribution in [-0.4, -0.2) is 30.5 Å². The normalized spacial score (nSPS) is 10.4. The number of nitrogens with one attached hydrogen (secondary N) is 1. The largest absolute Gasteiger partial charge is 0.495 e. The molecule has 0 fully saturated rings. The number of hydrogen-bond acceptors (Lipinski definition) is 7. The van der Waals surface area contributed by atoms with Crippen molar-refractivity contribution in [2.24, 2.45) is 0 Å². The van der Waals surface area contributed by atoms with E-state index in [1.807, 2.05) is 0 Å². The minimum Gasteiger partial charge on any atom is -0.495 e. The first-order chi connectivity index (χ1) is 13.0. The van der Waals surface area contributed by atoms with Crippen molar-refractivity contribution in [1.82, 2.24) is 0 Å². The quantitative estimate of drug-likeness (QED) is 0.394. The summed E-state index contributed by atoms with van der Waals surface area (Å²) in [6.07, 6.45) is 0. The highest BCUT2D eigenvalue weighted by atomic mass is 32.1. The van der Waals surface area contributed by atoms with Gasteiger partial charge in [-0.2, -0.15) is 0 Å². The monoisotopic (exact) mass is 386 g/mol. The zero-order valence-corrected chi connectivity index (χ0v) is 14.9. The molecule has 3 rings (SSSR count). The molecule has 0 radical (unpaired) electrons. The average Bonchev–Trinajstić information content (AvgIpc) is 3.10. The molecule has 1 amide bonds. The molecule has 0 bridgehead atoms. The fourth-order valence-corrected chi connectivity index (χ4v) is 3.32. The van der Waals surface area contributed by atoms with Gasteiger partial charge in [0.25, 0.3) is 11.6 Å². The molecule has 9 heteroatoms. The van der Waals surface area contributed by atoms with E-state index in [-0.39, 0.29) is 10.6 Å². The number of anilines is 1. The SMILES string of the molecule is COc1ccccc1NC(=O)COC(=O)c1cc2cc([N+](=O)[O-])ccc2s1. The van der Waals surface area contributed by atoms with Gasteiger partial charge in [-0.05, 0) is 24.3 Å². The Hall–Kier alpha value is -3.46. The Kier molecular flexibility index (Phi) is 5.32. The summed E-state index contributed by atoms with van der Waals surface area (Å²) in [5.74, 6) is -0.693. The number of hydrogen-bond donors (Lipinski definition) is 1. The Labute approximate surface area is 157 Å². The second kappa shape index (κ2) is 7.83. The van der Waals surface area contributed by atoms with Crippen molar-refractivity contribution in [3.8, 4) is 5.75 Å². The zero-order valence-electron chi connectivity index (χ0n) is 14.1. The number of carbonyl (C=O) groups excluding carboxylic acids is 2. The lowest BCUT2D eigenvalue weighted by Gasteiger charge is -2.09. The van der Waals surface area contributed by atoms with Gasteiger partial charge in [-0.25, -0.2) is 4.79 Å². The molecule has 0 spiro atoms. The Balaban J connectivity index is 1.64. The number of benzene rings is 2. The number of non-ortho nitro benzene ring substituents is 1. The number of amides is 1. The number of fused-ring (bicyclic) bond motifs is 1. The van der Waals surface area contributed by atoms with E-state index in [0.717, 1.165) is 11.3 Å². The molecule has 0 unspecified atom stereocenters. The molecule has 1 heterocycles. The van der Waals surface area contributed by atoms with Gasteiger partial charge < -0.3 is 14.8 Å². The van der Waals surface area contributed by atoms with Crippen LogP contribution in [0.4, 0.5) is 11.4 Å². The van der Waals surface area contributed by atoms with E-state index in [1.54, 1.807) is 30.3 Å². The van der Waals surface area contributed by atoms with Crippen LogP contribution in [0.3, 0.4) is 0 Å². The third-order valence-electron chi connectivity index (χ3n) is 3.63. The van der Waals surface area contributed by atoms with E-state index in [0.29, 0.717) is 21.5 Å². The predicted molar refractivity (Wildman–Crippen MR) is 100 cm³/mol. The highest BCUT2D eigenvalue weighted by Gasteiger charge is 2.16. The van der Waals surface area contributed by atoms with Gasteiger partial charge in [0.2, 0.25) is 0 Å². The third kappa shape index (κ3) is 4.21. The zero-order chi connectivity index (χ0) is 19.4. The van der Waals surface area contributed by atoms with Gasteiger partial charge in [0.05, 0.1) is 17.7 Å². The molecule has 8 nitrogen and oxygen atoms in total. The van der Waals surface area contributed by atoms with Crippen molar-refractivity contribution in [3.63, 3.8) is 0 Å². The summed E-state index contributed by atoms with van der Waals surface area (Å²) in [5.41, 5.74) is 0.409. The van der Waals surface area contributed by atoms with Crippen LogP contribution in [-0.2, 0) is 9.53 Å². The molecule has 0 aliphatic rings. The van der Waals surface area contributed by atoms with Crippen LogP contribution in [0.2, 0.25) is 0 Å². The van der Waals surface area contributed by atoms with E-state index in [1.165, 1.54) is 25.3 Å². The predicted octanol–water partition coefficient (Wildman–Crippen LogP) is 3.61. The number of carbonyl (C=O) groups is 2. The summed E-state index contributed by atoms with van der Waals surface area (Å²) in [4.78, 5) is 34.7. The molecule has 1 N–H and O–H groups in total. The van der Waals surface area contributed by atoms with E-state index in [4.69, 9.17) is 9.47 Å². The number of nitro groups is 1. The summed E-state index contributed by atoms with van der Waals surface area (Å²) in [6.45, 7) is -0.467. The topological polar surface area (TPSA) is 108 Å². The molecule has 27 heavy (non-hydrogen) atoms. The van der Waals surface area contributed by atoms with Crippen LogP contribution in [0.5, 0.6) is 5.75 Å². The summed E-state index contributed by atoms with van der Waals surface area (Å²) >= 11 is 1.14. The van der Waals surface area contributed by atoms with Crippen LogP contribution in [0.25, 0.3) is 10.1 Å². The lowest BCUT2D eigenvalue weighted by atomic mass is 10.2. The highest BCUT2D eigenvalue weighted by molar-refractivity contribution is 7.20. The van der Waals surface area contributed by atoms with E-state index in [2.05, 4.69) is 5.32 Å². The lowest BCUT2D eigenvalue weighted by Crippen LogP contribution is -2.20. The molecule has 0 aliphatic heterocycles. The van der Waals surface area contributed by atoms with Crippen LogP contribution < -0.4 is 10.1 Å². The van der Waals surface area contributed by atoms with Crippen molar-refractivity contribution < 1.29 is 24.0 Å². The number of nitrogens with zero attached hydrogens (tertiary/aromatic N) is 1. The van der Waals surface area contributed by atoms with Gasteiger partial charge in [0, 0.05) is 22.2 Å². The van der Waals surface area contributed by atoms with Crippen LogP contribution >= 0.6 is 11.3 Å². The number of thiophene rings is 1. The number of ether oxygens (including phenoxy) is 2. The van der Waals surface area contributed by atoms with Gasteiger partial charge in [0.1, 0.15) is 10.6 Å². The molecule has 2 aromatic carbocycles. The summed E-state index contributed by atoms with van der Waals surface area (Å²) < 4.78 is 10.9. The first-order valence-electron chi connectivity index (χ1n) is 7.76. The van der Waals surface area contributed by atoms with Crippen molar-refractivity contribution in [1.29, 1.82) is 0 Å². The molecule has 0 saturated heterocycles. The van der Waals surface area contributed by atoms with Crippen molar-refractivity contribution >= 4 is 44.7 Å². The Bertz CT molecular complexity index is 1030. The molecule has 3 aromatic rings. The second-order valence-electron chi connectivity index (χ2n) is 5.41. The highest BCUT2D eigenvalue weighted by Crippen LogP contribution is 2.29. The Morgan fingerprint density at radius 1 is 1.19 bits per heavy atom. The van der Waals surface area contributed by atoms with Gasteiger partial charge in [-0.1, -0.05) is 12.1 Å². The van der Waals surface area contributed by atoms with Gasteiger partial charge in [0.15, 0.2) is 6.61 Å². The molecule has 138 valence electrons. The Morgan fingerprint density at radius 2 is 1.96 bits per heavy atom. The van der Waals surface area contributed by atoms with Crippen LogP contribution in [0.1, 0.15) is 9.67 Å². The second-order valence-corrected chi connectivity index (χ2v) is 6.50. The molecule has 0 aliphatic carbocycles. The minimum atomic E-state index is -0.672. The maximum atomic E-state index is 12.2.